The molecule has 5 heteroatoms. The van der Waals surface area contributed by atoms with Gasteiger partial charge in [0.25, 0.3) is 0 Å². The summed E-state index contributed by atoms with van der Waals surface area (Å²) in [6, 6.07) is 12.9. The maximum atomic E-state index is 5.46. The molecule has 2 rings (SSSR count). The fraction of sp³-hybridized carbons (Fsp3) is 0.353. The van der Waals surface area contributed by atoms with Crippen LogP contribution in [0.2, 0.25) is 0 Å². The van der Waals surface area contributed by atoms with Gasteiger partial charge in [-0.3, -0.25) is 0 Å². The highest BCUT2D eigenvalue weighted by Crippen LogP contribution is 2.26. The first-order valence-electron chi connectivity index (χ1n) is 7.49. The normalized spacial score (nSPS) is 12.2. The van der Waals surface area contributed by atoms with Crippen molar-refractivity contribution in [1.82, 2.24) is 10.6 Å². The molecule has 1 aromatic carbocycles. The summed E-state index contributed by atoms with van der Waals surface area (Å²) in [6.45, 7) is 4.02. The fourth-order valence-electron chi connectivity index (χ4n) is 2.14. The second-order valence-electron chi connectivity index (χ2n) is 5.72. The molecular formula is C17H24N3S2+. The van der Waals surface area contributed by atoms with Crippen LogP contribution in [0, 0.1) is 6.92 Å². The Bertz CT molecular complexity index is 576. The zero-order chi connectivity index (χ0) is 15.9. The molecule has 118 valence electrons. The number of aryl methyl sites for hydroxylation is 1. The largest absolute Gasteiger partial charge is 0.357 e. The standard InChI is InChI=1S/C17H23N3S2/c1-13-6-8-14(9-7-13)16(15-5-4-12-22-15)19-17(21)18-10-11-20(2)3/h4-9,12,16H,10-11H2,1-3H3,(H2,18,19,21)/p+1/t16-/m0/s1. The Morgan fingerprint density at radius 2 is 1.95 bits per heavy atom. The number of likely N-dealkylation sites (N-methyl/N-ethyl adjacent to an activating group) is 1. The van der Waals surface area contributed by atoms with Crippen molar-refractivity contribution in [2.75, 3.05) is 27.2 Å². The SMILES string of the molecule is Cc1ccc([C@H](NC(=S)NCC[NH+](C)C)c2cccs2)cc1. The zero-order valence-electron chi connectivity index (χ0n) is 13.3. The molecule has 1 heterocycles. The van der Waals surface area contributed by atoms with E-state index in [0.29, 0.717) is 5.11 Å². The minimum atomic E-state index is 0.104. The van der Waals surface area contributed by atoms with Gasteiger partial charge < -0.3 is 15.5 Å². The molecule has 0 saturated carbocycles. The molecule has 0 unspecified atom stereocenters. The van der Waals surface area contributed by atoms with Gasteiger partial charge in [-0.25, -0.2) is 0 Å². The average molecular weight is 335 g/mol. The monoisotopic (exact) mass is 334 g/mol. The predicted octanol–water partition coefficient (Wildman–Crippen LogP) is 1.75. The van der Waals surface area contributed by atoms with Crippen LogP contribution in [-0.4, -0.2) is 32.3 Å². The smallest absolute Gasteiger partial charge is 0.167 e. The third-order valence-corrected chi connectivity index (χ3v) is 4.62. The van der Waals surface area contributed by atoms with Crippen molar-refractivity contribution >= 4 is 28.7 Å². The Hall–Kier alpha value is -1.43. The topological polar surface area (TPSA) is 28.5 Å². The van der Waals surface area contributed by atoms with Gasteiger partial charge in [-0.1, -0.05) is 35.9 Å². The third kappa shape index (κ3) is 5.09. The van der Waals surface area contributed by atoms with Gasteiger partial charge in [-0.2, -0.15) is 0 Å². The average Bonchev–Trinajstić information content (AvgIpc) is 2.99. The lowest BCUT2D eigenvalue weighted by atomic mass is 10.0. The van der Waals surface area contributed by atoms with Crippen LogP contribution in [0.3, 0.4) is 0 Å². The number of benzene rings is 1. The summed E-state index contributed by atoms with van der Waals surface area (Å²) in [5.41, 5.74) is 2.50. The number of rotatable bonds is 6. The summed E-state index contributed by atoms with van der Waals surface area (Å²) in [6.07, 6.45) is 0. The number of thiophene rings is 1. The fourth-order valence-corrected chi connectivity index (χ4v) is 3.16. The maximum absolute atomic E-state index is 5.46. The summed E-state index contributed by atoms with van der Waals surface area (Å²) in [5.74, 6) is 0. The summed E-state index contributed by atoms with van der Waals surface area (Å²) >= 11 is 7.20. The van der Waals surface area contributed by atoms with Gasteiger partial charge in [-0.05, 0) is 36.2 Å². The zero-order valence-corrected chi connectivity index (χ0v) is 15.0. The Kier molecular flexibility index (Phi) is 6.36. The number of thiocarbonyl (C=S) groups is 1. The summed E-state index contributed by atoms with van der Waals surface area (Å²) < 4.78 is 0. The van der Waals surface area contributed by atoms with Crippen molar-refractivity contribution < 1.29 is 4.90 Å². The molecule has 3 nitrogen and oxygen atoms in total. The summed E-state index contributed by atoms with van der Waals surface area (Å²) in [7, 11) is 4.28. The van der Waals surface area contributed by atoms with E-state index in [0.717, 1.165) is 13.1 Å². The van der Waals surface area contributed by atoms with Gasteiger partial charge in [0, 0.05) is 4.88 Å². The number of hydrogen-bond acceptors (Lipinski definition) is 2. The third-order valence-electron chi connectivity index (χ3n) is 3.42. The Labute approximate surface area is 142 Å². The molecule has 3 N–H and O–H groups in total. The molecule has 0 bridgehead atoms. The molecule has 0 spiro atoms. The van der Waals surface area contributed by atoms with E-state index in [9.17, 15) is 0 Å². The van der Waals surface area contributed by atoms with E-state index in [2.05, 4.69) is 73.4 Å². The van der Waals surface area contributed by atoms with E-state index in [1.165, 1.54) is 20.9 Å². The van der Waals surface area contributed by atoms with Gasteiger partial charge in [0.2, 0.25) is 0 Å². The first kappa shape index (κ1) is 16.9. The molecule has 0 fully saturated rings. The van der Waals surface area contributed by atoms with E-state index in [-0.39, 0.29) is 6.04 Å². The highest BCUT2D eigenvalue weighted by molar-refractivity contribution is 7.80. The Balaban J connectivity index is 2.06. The van der Waals surface area contributed by atoms with Gasteiger partial charge in [-0.15, -0.1) is 11.3 Å². The molecule has 1 aromatic heterocycles. The van der Waals surface area contributed by atoms with Gasteiger partial charge in [0.05, 0.1) is 33.2 Å². The minimum absolute atomic E-state index is 0.104. The maximum Gasteiger partial charge on any atom is 0.167 e. The van der Waals surface area contributed by atoms with Crippen LogP contribution < -0.4 is 15.5 Å². The second kappa shape index (κ2) is 8.27. The molecule has 2 aromatic rings. The molecule has 0 amide bonds. The van der Waals surface area contributed by atoms with Crippen LogP contribution in [0.25, 0.3) is 0 Å². The van der Waals surface area contributed by atoms with Gasteiger partial charge in [0.15, 0.2) is 5.11 Å². The lowest BCUT2D eigenvalue weighted by Crippen LogP contribution is -3.06. The molecule has 0 aliphatic rings. The van der Waals surface area contributed by atoms with Crippen molar-refractivity contribution in [3.8, 4) is 0 Å². The lowest BCUT2D eigenvalue weighted by molar-refractivity contribution is -0.856. The van der Waals surface area contributed by atoms with Crippen molar-refractivity contribution in [2.24, 2.45) is 0 Å². The molecule has 0 saturated heterocycles. The van der Waals surface area contributed by atoms with Crippen molar-refractivity contribution in [2.45, 2.75) is 13.0 Å². The van der Waals surface area contributed by atoms with E-state index in [1.807, 2.05) is 0 Å². The lowest BCUT2D eigenvalue weighted by Gasteiger charge is -2.21. The second-order valence-corrected chi connectivity index (χ2v) is 7.10. The number of quaternary nitrogens is 1. The predicted molar refractivity (Wildman–Crippen MR) is 98.8 cm³/mol. The number of hydrogen-bond donors (Lipinski definition) is 3. The van der Waals surface area contributed by atoms with Gasteiger partial charge in [0.1, 0.15) is 0 Å². The van der Waals surface area contributed by atoms with Crippen molar-refractivity contribution in [3.63, 3.8) is 0 Å². The highest BCUT2D eigenvalue weighted by Gasteiger charge is 2.16. The van der Waals surface area contributed by atoms with Crippen LogP contribution >= 0.6 is 23.6 Å². The van der Waals surface area contributed by atoms with E-state index in [4.69, 9.17) is 12.2 Å². The van der Waals surface area contributed by atoms with Gasteiger partial charge >= 0.3 is 0 Å². The first-order chi connectivity index (χ1) is 10.6. The van der Waals surface area contributed by atoms with Crippen LogP contribution in [-0.2, 0) is 0 Å². The van der Waals surface area contributed by atoms with Crippen LogP contribution in [0.5, 0.6) is 0 Å². The summed E-state index contributed by atoms with van der Waals surface area (Å²) in [4.78, 5) is 2.68. The molecule has 0 radical (unpaired) electrons. The first-order valence-corrected chi connectivity index (χ1v) is 8.78. The van der Waals surface area contributed by atoms with E-state index < -0.39 is 0 Å². The molecule has 0 aliphatic carbocycles. The quantitative estimate of drug-likeness (QED) is 0.703. The van der Waals surface area contributed by atoms with Crippen LogP contribution in [0.1, 0.15) is 22.0 Å². The molecular weight excluding hydrogens is 310 g/mol. The Morgan fingerprint density at radius 1 is 1.23 bits per heavy atom. The number of nitrogens with one attached hydrogen (secondary N) is 3. The molecule has 22 heavy (non-hydrogen) atoms. The van der Waals surface area contributed by atoms with Crippen LogP contribution in [0.15, 0.2) is 41.8 Å². The minimum Gasteiger partial charge on any atom is -0.357 e. The molecule has 0 aliphatic heterocycles. The summed E-state index contributed by atoms with van der Waals surface area (Å²) in [5, 5.41) is 9.55. The highest BCUT2D eigenvalue weighted by atomic mass is 32.1. The molecule has 1 atom stereocenters. The van der Waals surface area contributed by atoms with E-state index >= 15 is 0 Å². The van der Waals surface area contributed by atoms with Crippen molar-refractivity contribution in [3.05, 3.63) is 57.8 Å². The van der Waals surface area contributed by atoms with Crippen molar-refractivity contribution in [1.29, 1.82) is 0 Å². The Morgan fingerprint density at radius 3 is 2.55 bits per heavy atom. The van der Waals surface area contributed by atoms with E-state index in [1.54, 1.807) is 11.3 Å². The van der Waals surface area contributed by atoms with Crippen LogP contribution in [0.4, 0.5) is 0 Å².